The highest BCUT2D eigenvalue weighted by Crippen LogP contribution is 2.26. The van der Waals surface area contributed by atoms with Crippen molar-refractivity contribution < 1.29 is 9.90 Å². The molecule has 2 aromatic rings. The topological polar surface area (TPSA) is 59.3 Å². The predicted molar refractivity (Wildman–Crippen MR) is 80.4 cm³/mol. The van der Waals surface area contributed by atoms with Gasteiger partial charge in [-0.25, -0.2) is 0 Å². The molecule has 0 bridgehead atoms. The third-order valence-corrected chi connectivity index (χ3v) is 4.31. The molecule has 0 saturated heterocycles. The van der Waals surface area contributed by atoms with Crippen LogP contribution in [-0.4, -0.2) is 15.0 Å². The van der Waals surface area contributed by atoms with Crippen molar-refractivity contribution in [2.24, 2.45) is 0 Å². The lowest BCUT2D eigenvalue weighted by atomic mass is 10.1. The van der Waals surface area contributed by atoms with Gasteiger partial charge in [0.2, 0.25) is 0 Å². The first-order valence-electron chi connectivity index (χ1n) is 6.32. The van der Waals surface area contributed by atoms with Gasteiger partial charge >= 0.3 is 5.97 Å². The second kappa shape index (κ2) is 5.25. The molecule has 0 fully saturated rings. The van der Waals surface area contributed by atoms with E-state index in [0.717, 1.165) is 16.0 Å². The molecule has 0 radical (unpaired) electrons. The highest BCUT2D eigenvalue weighted by atomic mass is 32.1. The van der Waals surface area contributed by atoms with E-state index in [1.807, 2.05) is 32.9 Å². The van der Waals surface area contributed by atoms with Crippen molar-refractivity contribution in [3.63, 3.8) is 0 Å². The second-order valence-corrected chi connectivity index (χ2v) is 6.66. The summed E-state index contributed by atoms with van der Waals surface area (Å²) in [6.07, 6.45) is 0.0134. The Balaban J connectivity index is 2.33. The molecule has 5 heteroatoms. The van der Waals surface area contributed by atoms with Gasteiger partial charge in [-0.2, -0.15) is 0 Å². The molecule has 4 nitrogen and oxygen atoms in total. The summed E-state index contributed by atoms with van der Waals surface area (Å²) in [4.78, 5) is 23.5. The molecule has 1 aromatic carbocycles. The zero-order chi connectivity index (χ0) is 14.9. The van der Waals surface area contributed by atoms with Gasteiger partial charge in [0, 0.05) is 6.07 Å². The molecule has 106 valence electrons. The van der Waals surface area contributed by atoms with E-state index in [9.17, 15) is 9.59 Å². The lowest BCUT2D eigenvalue weighted by Gasteiger charge is -2.18. The Kier molecular flexibility index (Phi) is 3.81. The minimum absolute atomic E-state index is 0.00730. The van der Waals surface area contributed by atoms with Crippen LogP contribution in [0, 0.1) is 0 Å². The molecule has 0 aliphatic rings. The van der Waals surface area contributed by atoms with Crippen LogP contribution >= 0.6 is 11.5 Å². The van der Waals surface area contributed by atoms with Gasteiger partial charge in [-0.15, -0.1) is 0 Å². The van der Waals surface area contributed by atoms with Crippen molar-refractivity contribution in [1.29, 1.82) is 0 Å². The van der Waals surface area contributed by atoms with Gasteiger partial charge in [0.1, 0.15) is 0 Å². The van der Waals surface area contributed by atoms with Crippen LogP contribution in [-0.2, 0) is 16.8 Å². The first kappa shape index (κ1) is 14.5. The monoisotopic (exact) mass is 291 g/mol. The van der Waals surface area contributed by atoms with Gasteiger partial charge in [-0.05, 0) is 31.9 Å². The number of carbonyl (C=O) groups is 1. The standard InChI is InChI=1S/C15H17NO3S/c1-15(2,3)16-13(17)9-12(20-16)11-6-4-10(5-7-11)8-14(18)19/h4-7,9H,8H2,1-3H3,(H,18,19). The largest absolute Gasteiger partial charge is 0.481 e. The Morgan fingerprint density at radius 1 is 1.25 bits per heavy atom. The third kappa shape index (κ3) is 3.17. The Bertz CT molecular complexity index is 674. The maximum absolute atomic E-state index is 12.0. The van der Waals surface area contributed by atoms with Crippen LogP contribution in [0.4, 0.5) is 0 Å². The Morgan fingerprint density at radius 2 is 1.85 bits per heavy atom. The summed E-state index contributed by atoms with van der Waals surface area (Å²) in [6, 6.07) is 8.92. The van der Waals surface area contributed by atoms with E-state index >= 15 is 0 Å². The van der Waals surface area contributed by atoms with E-state index in [1.54, 1.807) is 22.2 Å². The average Bonchev–Trinajstić information content (AvgIpc) is 2.71. The van der Waals surface area contributed by atoms with E-state index in [-0.39, 0.29) is 17.5 Å². The molecule has 0 atom stereocenters. The number of benzene rings is 1. The Morgan fingerprint density at radius 3 is 2.30 bits per heavy atom. The molecule has 1 heterocycles. The molecule has 2 rings (SSSR count). The number of hydrogen-bond donors (Lipinski definition) is 1. The van der Waals surface area contributed by atoms with Crippen molar-refractivity contribution in [1.82, 2.24) is 3.96 Å². The number of nitrogens with zero attached hydrogens (tertiary/aromatic N) is 1. The Labute approximate surface area is 121 Å². The summed E-state index contributed by atoms with van der Waals surface area (Å²) in [7, 11) is 0. The van der Waals surface area contributed by atoms with Gasteiger partial charge in [0.15, 0.2) is 0 Å². The van der Waals surface area contributed by atoms with Crippen molar-refractivity contribution in [3.8, 4) is 10.4 Å². The molecule has 1 N–H and O–H groups in total. The van der Waals surface area contributed by atoms with E-state index in [1.165, 1.54) is 11.5 Å². The fourth-order valence-corrected chi connectivity index (χ4v) is 2.91. The fourth-order valence-electron chi connectivity index (χ4n) is 1.91. The smallest absolute Gasteiger partial charge is 0.307 e. The summed E-state index contributed by atoms with van der Waals surface area (Å²) in [6.45, 7) is 5.97. The molecule has 0 amide bonds. The molecular weight excluding hydrogens is 274 g/mol. The van der Waals surface area contributed by atoms with Gasteiger partial charge in [-0.3, -0.25) is 13.5 Å². The SMILES string of the molecule is CC(C)(C)n1sc(-c2ccc(CC(=O)O)cc2)cc1=O. The van der Waals surface area contributed by atoms with Crippen LogP contribution in [0.5, 0.6) is 0 Å². The van der Waals surface area contributed by atoms with E-state index in [0.29, 0.717) is 0 Å². The summed E-state index contributed by atoms with van der Waals surface area (Å²) in [5.74, 6) is -0.846. The van der Waals surface area contributed by atoms with Gasteiger partial charge in [0.05, 0.1) is 16.8 Å². The first-order chi connectivity index (χ1) is 9.27. The van der Waals surface area contributed by atoms with Crippen LogP contribution in [0.25, 0.3) is 10.4 Å². The average molecular weight is 291 g/mol. The van der Waals surface area contributed by atoms with E-state index in [4.69, 9.17) is 5.11 Å². The fraction of sp³-hybridized carbons (Fsp3) is 0.333. The normalized spacial score (nSPS) is 11.6. The zero-order valence-electron chi connectivity index (χ0n) is 11.7. The third-order valence-electron chi connectivity index (χ3n) is 2.85. The molecule has 0 spiro atoms. The number of aliphatic carboxylic acids is 1. The number of hydrogen-bond acceptors (Lipinski definition) is 3. The summed E-state index contributed by atoms with van der Waals surface area (Å²) < 4.78 is 1.74. The Hall–Kier alpha value is -1.88. The lowest BCUT2D eigenvalue weighted by Crippen LogP contribution is -2.28. The maximum Gasteiger partial charge on any atom is 0.307 e. The first-order valence-corrected chi connectivity index (χ1v) is 7.09. The van der Waals surface area contributed by atoms with Crippen molar-refractivity contribution in [3.05, 3.63) is 46.2 Å². The van der Waals surface area contributed by atoms with Crippen molar-refractivity contribution >= 4 is 17.5 Å². The van der Waals surface area contributed by atoms with Crippen LogP contribution in [0.3, 0.4) is 0 Å². The molecule has 0 aliphatic carbocycles. The number of carboxylic acids is 1. The zero-order valence-corrected chi connectivity index (χ0v) is 12.5. The quantitative estimate of drug-likeness (QED) is 0.945. The highest BCUT2D eigenvalue weighted by molar-refractivity contribution is 7.10. The number of rotatable bonds is 3. The molecule has 0 saturated carbocycles. The molecule has 20 heavy (non-hydrogen) atoms. The van der Waals surface area contributed by atoms with Gasteiger partial charge < -0.3 is 5.11 Å². The van der Waals surface area contributed by atoms with Crippen LogP contribution in [0.1, 0.15) is 26.3 Å². The van der Waals surface area contributed by atoms with Crippen molar-refractivity contribution in [2.75, 3.05) is 0 Å². The number of aromatic nitrogens is 1. The summed E-state index contributed by atoms with van der Waals surface area (Å²) in [5, 5.41) is 8.74. The lowest BCUT2D eigenvalue weighted by molar-refractivity contribution is -0.136. The summed E-state index contributed by atoms with van der Waals surface area (Å²) >= 11 is 1.43. The van der Waals surface area contributed by atoms with Crippen LogP contribution in [0.15, 0.2) is 35.1 Å². The van der Waals surface area contributed by atoms with Crippen LogP contribution in [0.2, 0.25) is 0 Å². The molecule has 0 unspecified atom stereocenters. The molecule has 0 aliphatic heterocycles. The molecular formula is C15H17NO3S. The van der Waals surface area contributed by atoms with E-state index in [2.05, 4.69) is 0 Å². The minimum Gasteiger partial charge on any atom is -0.481 e. The highest BCUT2D eigenvalue weighted by Gasteiger charge is 2.18. The van der Waals surface area contributed by atoms with Gasteiger partial charge in [-0.1, -0.05) is 35.8 Å². The van der Waals surface area contributed by atoms with Gasteiger partial charge in [0.25, 0.3) is 5.56 Å². The van der Waals surface area contributed by atoms with Crippen LogP contribution < -0.4 is 5.56 Å². The minimum atomic E-state index is -0.846. The summed E-state index contributed by atoms with van der Waals surface area (Å²) in [5.41, 5.74) is 1.45. The second-order valence-electron chi connectivity index (χ2n) is 5.67. The van der Waals surface area contributed by atoms with E-state index < -0.39 is 5.97 Å². The molecule has 1 aromatic heterocycles. The number of carboxylic acid groups (broad SMARTS) is 1. The predicted octanol–water partition coefficient (Wildman–Crippen LogP) is 2.96. The van der Waals surface area contributed by atoms with Crippen molar-refractivity contribution in [2.45, 2.75) is 32.7 Å². The maximum atomic E-state index is 12.0.